The molecular weight excluding hydrogens is 184 g/mol. The molecule has 0 aromatic carbocycles. The van der Waals surface area contributed by atoms with Gasteiger partial charge in [0.05, 0.1) is 6.61 Å². The van der Waals surface area contributed by atoms with Crippen LogP contribution in [0.25, 0.3) is 0 Å². The van der Waals surface area contributed by atoms with Crippen LogP contribution in [0.1, 0.15) is 34.1 Å². The van der Waals surface area contributed by atoms with Crippen molar-refractivity contribution in [2.24, 2.45) is 0 Å². The van der Waals surface area contributed by atoms with E-state index in [1.165, 1.54) is 0 Å². The standard InChI is InChI=1S/C6H12O2.C3H8O.CH4O/c1-3-8-5-4-6(2)7;1-3(2)4;1-2/h3-5H2,1-2H3;3-4H,1-2H3;2H,1H3. The van der Waals surface area contributed by atoms with Gasteiger partial charge in [-0.2, -0.15) is 0 Å². The Morgan fingerprint density at radius 3 is 1.93 bits per heavy atom. The van der Waals surface area contributed by atoms with Crippen LogP contribution >= 0.6 is 0 Å². The summed E-state index contributed by atoms with van der Waals surface area (Å²) in [5, 5.41) is 15.1. The third-order valence-electron chi connectivity index (χ3n) is 0.803. The maximum atomic E-state index is 10.2. The van der Waals surface area contributed by atoms with Crippen LogP contribution in [-0.2, 0) is 9.53 Å². The molecule has 0 radical (unpaired) electrons. The lowest BCUT2D eigenvalue weighted by molar-refractivity contribution is -0.118. The number of carbonyl (C=O) groups is 1. The first-order valence-corrected chi connectivity index (χ1v) is 4.70. The monoisotopic (exact) mass is 208 g/mol. The third kappa shape index (κ3) is 62.1. The van der Waals surface area contributed by atoms with Crippen LogP contribution in [0.5, 0.6) is 0 Å². The molecule has 4 heteroatoms. The average Bonchev–Trinajstić information content (AvgIpc) is 2.07. The zero-order valence-corrected chi connectivity index (χ0v) is 9.91. The van der Waals surface area contributed by atoms with Gasteiger partial charge in [-0.3, -0.25) is 4.79 Å². The molecule has 0 fully saturated rings. The fourth-order valence-electron chi connectivity index (χ4n) is 0.360. The van der Waals surface area contributed by atoms with E-state index in [0.717, 1.165) is 7.11 Å². The first-order chi connectivity index (χ1) is 6.50. The molecule has 0 aliphatic heterocycles. The summed E-state index contributed by atoms with van der Waals surface area (Å²) in [5.74, 6) is 0.193. The summed E-state index contributed by atoms with van der Waals surface area (Å²) in [6.07, 6.45) is 0.383. The molecule has 2 N–H and O–H groups in total. The van der Waals surface area contributed by atoms with Crippen molar-refractivity contribution in [1.29, 1.82) is 0 Å². The Balaban J connectivity index is -0.000000170. The summed E-state index contributed by atoms with van der Waals surface area (Å²) in [5.41, 5.74) is 0. The van der Waals surface area contributed by atoms with Crippen molar-refractivity contribution in [3.8, 4) is 0 Å². The molecule has 4 nitrogen and oxygen atoms in total. The van der Waals surface area contributed by atoms with Crippen LogP contribution in [0, 0.1) is 0 Å². The van der Waals surface area contributed by atoms with E-state index < -0.39 is 0 Å². The average molecular weight is 208 g/mol. The molecule has 0 aromatic heterocycles. The number of ether oxygens (including phenoxy) is 1. The van der Waals surface area contributed by atoms with Gasteiger partial charge in [0.2, 0.25) is 0 Å². The fraction of sp³-hybridized carbons (Fsp3) is 0.900. The van der Waals surface area contributed by atoms with Crippen LogP contribution in [0.4, 0.5) is 0 Å². The molecule has 14 heavy (non-hydrogen) atoms. The van der Waals surface area contributed by atoms with Crippen LogP contribution < -0.4 is 0 Å². The summed E-state index contributed by atoms with van der Waals surface area (Å²) in [6.45, 7) is 8.21. The summed E-state index contributed by atoms with van der Waals surface area (Å²) in [4.78, 5) is 10.2. The van der Waals surface area contributed by atoms with Gasteiger partial charge in [-0.15, -0.1) is 0 Å². The lowest BCUT2D eigenvalue weighted by Gasteiger charge is -1.94. The fourth-order valence-corrected chi connectivity index (χ4v) is 0.360. The topological polar surface area (TPSA) is 66.8 Å². The lowest BCUT2D eigenvalue weighted by Crippen LogP contribution is -1.98. The molecule has 0 amide bonds. The van der Waals surface area contributed by atoms with E-state index in [4.69, 9.17) is 14.9 Å². The second kappa shape index (κ2) is 18.4. The quantitative estimate of drug-likeness (QED) is 0.676. The Bertz CT molecular complexity index is 99.5. The minimum absolute atomic E-state index is 0.167. The second-order valence-corrected chi connectivity index (χ2v) is 2.74. The molecule has 0 heterocycles. The minimum atomic E-state index is -0.167. The van der Waals surface area contributed by atoms with Crippen molar-refractivity contribution < 1.29 is 19.7 Å². The summed E-state index contributed by atoms with van der Waals surface area (Å²) in [7, 11) is 1.00. The largest absolute Gasteiger partial charge is 0.400 e. The van der Waals surface area contributed by atoms with E-state index in [-0.39, 0.29) is 11.9 Å². The highest BCUT2D eigenvalue weighted by Gasteiger charge is 1.89. The SMILES string of the molecule is CC(C)O.CCOCCC(C)=O.CO. The Kier molecular flexibility index (Phi) is 25.1. The molecule has 0 aromatic rings. The molecule has 0 rings (SSSR count). The second-order valence-electron chi connectivity index (χ2n) is 2.74. The van der Waals surface area contributed by atoms with Gasteiger partial charge < -0.3 is 14.9 Å². The van der Waals surface area contributed by atoms with Crippen molar-refractivity contribution in [2.45, 2.75) is 40.2 Å². The van der Waals surface area contributed by atoms with Crippen molar-refractivity contribution in [3.05, 3.63) is 0 Å². The van der Waals surface area contributed by atoms with Gasteiger partial charge in [-0.05, 0) is 27.7 Å². The van der Waals surface area contributed by atoms with Crippen molar-refractivity contribution >= 4 is 5.78 Å². The van der Waals surface area contributed by atoms with Crippen LogP contribution in [-0.4, -0.2) is 42.4 Å². The van der Waals surface area contributed by atoms with Gasteiger partial charge >= 0.3 is 0 Å². The summed E-state index contributed by atoms with van der Waals surface area (Å²) in [6, 6.07) is 0. The zero-order chi connectivity index (χ0) is 12.0. The highest BCUT2D eigenvalue weighted by atomic mass is 16.5. The van der Waals surface area contributed by atoms with Crippen molar-refractivity contribution in [3.63, 3.8) is 0 Å². The number of aliphatic hydroxyl groups is 2. The Morgan fingerprint density at radius 2 is 1.71 bits per heavy atom. The summed E-state index contributed by atoms with van der Waals surface area (Å²) < 4.78 is 4.92. The molecule has 0 bridgehead atoms. The van der Waals surface area contributed by atoms with Crippen LogP contribution in [0.15, 0.2) is 0 Å². The lowest BCUT2D eigenvalue weighted by atomic mass is 10.3. The number of carbonyl (C=O) groups excluding carboxylic acids is 1. The maximum Gasteiger partial charge on any atom is 0.132 e. The van der Waals surface area contributed by atoms with Gasteiger partial charge in [-0.1, -0.05) is 0 Å². The molecule has 0 aliphatic carbocycles. The molecular formula is C10H24O4. The van der Waals surface area contributed by atoms with E-state index in [1.807, 2.05) is 6.92 Å². The highest BCUT2D eigenvalue weighted by molar-refractivity contribution is 5.75. The van der Waals surface area contributed by atoms with E-state index in [1.54, 1.807) is 20.8 Å². The van der Waals surface area contributed by atoms with E-state index in [0.29, 0.717) is 19.6 Å². The zero-order valence-electron chi connectivity index (χ0n) is 9.91. The number of Topliss-reactive ketones (excluding diaryl/α,β-unsaturated/α-hetero) is 1. The molecule has 0 saturated carbocycles. The maximum absolute atomic E-state index is 10.2. The number of hydrogen-bond donors (Lipinski definition) is 2. The van der Waals surface area contributed by atoms with Gasteiger partial charge in [0, 0.05) is 26.2 Å². The molecule has 0 saturated heterocycles. The smallest absolute Gasteiger partial charge is 0.132 e. The third-order valence-corrected chi connectivity index (χ3v) is 0.803. The molecule has 0 spiro atoms. The number of aliphatic hydroxyl groups excluding tert-OH is 2. The summed E-state index contributed by atoms with van der Waals surface area (Å²) >= 11 is 0. The van der Waals surface area contributed by atoms with Crippen molar-refractivity contribution in [2.75, 3.05) is 20.3 Å². The predicted molar refractivity (Wildman–Crippen MR) is 57.3 cm³/mol. The molecule has 0 aliphatic rings. The highest BCUT2D eigenvalue weighted by Crippen LogP contribution is 1.82. The molecule has 0 atom stereocenters. The number of ketones is 1. The van der Waals surface area contributed by atoms with Crippen molar-refractivity contribution in [1.82, 2.24) is 0 Å². The van der Waals surface area contributed by atoms with Crippen LogP contribution in [0.2, 0.25) is 0 Å². The number of rotatable bonds is 4. The van der Waals surface area contributed by atoms with E-state index in [9.17, 15) is 4.79 Å². The first-order valence-electron chi connectivity index (χ1n) is 4.70. The Morgan fingerprint density at radius 1 is 1.36 bits per heavy atom. The first kappa shape index (κ1) is 19.2. The van der Waals surface area contributed by atoms with Gasteiger partial charge in [0.15, 0.2) is 0 Å². The van der Waals surface area contributed by atoms with Crippen LogP contribution in [0.3, 0.4) is 0 Å². The van der Waals surface area contributed by atoms with Gasteiger partial charge in [0.1, 0.15) is 5.78 Å². The van der Waals surface area contributed by atoms with E-state index in [2.05, 4.69) is 0 Å². The molecule has 0 unspecified atom stereocenters. The molecule has 88 valence electrons. The minimum Gasteiger partial charge on any atom is -0.400 e. The predicted octanol–water partition coefficient (Wildman–Crippen LogP) is 0.998. The van der Waals surface area contributed by atoms with E-state index >= 15 is 0 Å². The van der Waals surface area contributed by atoms with Gasteiger partial charge in [0.25, 0.3) is 0 Å². The normalized spacial score (nSPS) is 8.29. The number of hydrogen-bond acceptors (Lipinski definition) is 4. The Hall–Kier alpha value is -0.450. The Labute approximate surface area is 86.9 Å². The van der Waals surface area contributed by atoms with Gasteiger partial charge in [-0.25, -0.2) is 0 Å².